The van der Waals surface area contributed by atoms with E-state index in [4.69, 9.17) is 14.2 Å². The number of nitrogens with zero attached hydrogens (tertiary/aromatic N) is 1. The maximum absolute atomic E-state index is 13.3. The topological polar surface area (TPSA) is 77.1 Å². The highest BCUT2D eigenvalue weighted by Crippen LogP contribution is 2.23. The molecule has 0 aromatic heterocycles. The van der Waals surface area contributed by atoms with Crippen molar-refractivity contribution in [3.63, 3.8) is 0 Å². The molecule has 0 saturated carbocycles. The zero-order chi connectivity index (χ0) is 30.5. The maximum Gasteiger partial charge on any atom is 0.338 e. The molecule has 4 aromatic carbocycles. The van der Waals surface area contributed by atoms with Gasteiger partial charge in [-0.2, -0.15) is 0 Å². The zero-order valence-corrected chi connectivity index (χ0v) is 25.1. The van der Waals surface area contributed by atoms with Crippen LogP contribution in [0.4, 0.5) is 10.5 Å². The Labute approximate surface area is 254 Å². The second-order valence-corrected chi connectivity index (χ2v) is 10.5. The van der Waals surface area contributed by atoms with Crippen molar-refractivity contribution in [2.45, 2.75) is 38.8 Å². The van der Waals surface area contributed by atoms with Crippen molar-refractivity contribution < 1.29 is 23.8 Å². The minimum Gasteiger partial charge on any atom is -0.494 e. The van der Waals surface area contributed by atoms with Gasteiger partial charge in [0.1, 0.15) is 5.75 Å². The van der Waals surface area contributed by atoms with E-state index in [1.54, 1.807) is 11.8 Å². The molecular formula is C36H40N2O5. The number of urea groups is 1. The van der Waals surface area contributed by atoms with Crippen LogP contribution in [0, 0.1) is 0 Å². The predicted molar refractivity (Wildman–Crippen MR) is 170 cm³/mol. The standard InChI is InChI=1S/C36H40N2O5/c1-4-43-36(2,34(39)41-3)26-28-16-22-33(23-17-28)42-25-11-24-38(27-29-12-7-5-8-13-29)35(40)37-32-20-18-31(19-21-32)30-14-9-6-10-15-30/h5-10,12-23H,4,11,24-27H2,1-3H3,(H,37,40). The SMILES string of the molecule is CCOC(C)(Cc1ccc(OCCCN(Cc2ccccc2)C(=O)Nc2ccc(-c3ccccc3)cc2)cc1)C(=O)OC. The summed E-state index contributed by atoms with van der Waals surface area (Å²) < 4.78 is 16.6. The maximum atomic E-state index is 13.3. The summed E-state index contributed by atoms with van der Waals surface area (Å²) in [6, 6.07) is 35.4. The molecule has 0 radical (unpaired) electrons. The fourth-order valence-electron chi connectivity index (χ4n) is 4.89. The fraction of sp³-hybridized carbons (Fsp3) is 0.278. The first-order valence-corrected chi connectivity index (χ1v) is 14.6. The summed E-state index contributed by atoms with van der Waals surface area (Å²) in [4.78, 5) is 27.4. The number of carbonyl (C=O) groups is 2. The van der Waals surface area contributed by atoms with Gasteiger partial charge in [-0.1, -0.05) is 84.9 Å². The molecule has 0 spiro atoms. The second kappa shape index (κ2) is 15.6. The number of ether oxygens (including phenoxy) is 3. The van der Waals surface area contributed by atoms with Crippen molar-refractivity contribution >= 4 is 17.7 Å². The Morgan fingerprint density at radius 2 is 1.42 bits per heavy atom. The zero-order valence-electron chi connectivity index (χ0n) is 25.1. The molecule has 7 nitrogen and oxygen atoms in total. The average molecular weight is 581 g/mol. The highest BCUT2D eigenvalue weighted by atomic mass is 16.6. The van der Waals surface area contributed by atoms with Crippen LogP contribution in [0.15, 0.2) is 109 Å². The Morgan fingerprint density at radius 3 is 2.05 bits per heavy atom. The lowest BCUT2D eigenvalue weighted by molar-refractivity contribution is -0.166. The molecule has 0 fully saturated rings. The Morgan fingerprint density at radius 1 is 0.791 bits per heavy atom. The van der Waals surface area contributed by atoms with E-state index in [2.05, 4.69) is 17.4 Å². The van der Waals surface area contributed by atoms with Gasteiger partial charge in [0.15, 0.2) is 5.60 Å². The number of carbonyl (C=O) groups excluding carboxylic acids is 2. The predicted octanol–water partition coefficient (Wildman–Crippen LogP) is 7.37. The van der Waals surface area contributed by atoms with Crippen LogP contribution in [0.5, 0.6) is 5.75 Å². The molecule has 4 rings (SSSR count). The van der Waals surface area contributed by atoms with E-state index < -0.39 is 11.6 Å². The van der Waals surface area contributed by atoms with Crippen molar-refractivity contribution in [1.29, 1.82) is 0 Å². The first-order chi connectivity index (χ1) is 20.9. The number of hydrogen-bond acceptors (Lipinski definition) is 5. The Bertz CT molecular complexity index is 1430. The Balaban J connectivity index is 1.32. The van der Waals surface area contributed by atoms with Crippen molar-refractivity contribution in [3.05, 3.63) is 120 Å². The normalized spacial score (nSPS) is 12.2. The van der Waals surface area contributed by atoms with Crippen LogP contribution in [0.2, 0.25) is 0 Å². The molecule has 7 heteroatoms. The van der Waals surface area contributed by atoms with E-state index in [0.29, 0.717) is 39.1 Å². The van der Waals surface area contributed by atoms with Crippen LogP contribution in [-0.2, 0) is 27.2 Å². The molecule has 1 atom stereocenters. The van der Waals surface area contributed by atoms with E-state index in [1.807, 2.05) is 104 Å². The van der Waals surface area contributed by atoms with Crippen molar-refractivity contribution in [1.82, 2.24) is 4.90 Å². The van der Waals surface area contributed by atoms with E-state index in [1.165, 1.54) is 7.11 Å². The molecule has 1 N–H and O–H groups in total. The van der Waals surface area contributed by atoms with Gasteiger partial charge in [0.2, 0.25) is 0 Å². The molecule has 224 valence electrons. The van der Waals surface area contributed by atoms with Crippen molar-refractivity contribution in [2.24, 2.45) is 0 Å². The first-order valence-electron chi connectivity index (χ1n) is 14.6. The van der Waals surface area contributed by atoms with E-state index in [9.17, 15) is 9.59 Å². The van der Waals surface area contributed by atoms with Crippen LogP contribution in [0.1, 0.15) is 31.4 Å². The van der Waals surface area contributed by atoms with Crippen LogP contribution >= 0.6 is 0 Å². The van der Waals surface area contributed by atoms with Crippen LogP contribution in [0.3, 0.4) is 0 Å². The van der Waals surface area contributed by atoms with Crippen molar-refractivity contribution in [2.75, 3.05) is 32.2 Å². The van der Waals surface area contributed by atoms with Gasteiger partial charge in [0.05, 0.1) is 13.7 Å². The first kappa shape index (κ1) is 31.3. The van der Waals surface area contributed by atoms with Crippen molar-refractivity contribution in [3.8, 4) is 16.9 Å². The molecular weight excluding hydrogens is 540 g/mol. The number of anilines is 1. The molecule has 0 saturated heterocycles. The molecule has 0 aliphatic rings. The van der Waals surface area contributed by atoms with Crippen LogP contribution < -0.4 is 10.1 Å². The van der Waals surface area contributed by atoms with E-state index >= 15 is 0 Å². The number of rotatable bonds is 14. The van der Waals surface area contributed by atoms with Crippen LogP contribution in [0.25, 0.3) is 11.1 Å². The second-order valence-electron chi connectivity index (χ2n) is 10.5. The Hall–Kier alpha value is -4.62. The van der Waals surface area contributed by atoms with Gasteiger partial charge in [0, 0.05) is 31.8 Å². The summed E-state index contributed by atoms with van der Waals surface area (Å²) >= 11 is 0. The molecule has 0 heterocycles. The summed E-state index contributed by atoms with van der Waals surface area (Å²) in [5.41, 5.74) is 3.92. The van der Waals surface area contributed by atoms with Gasteiger partial charge in [-0.05, 0) is 66.8 Å². The van der Waals surface area contributed by atoms with Crippen LogP contribution in [-0.4, -0.2) is 49.4 Å². The van der Waals surface area contributed by atoms with Gasteiger partial charge in [-0.3, -0.25) is 0 Å². The average Bonchev–Trinajstić information content (AvgIpc) is 3.04. The highest BCUT2D eigenvalue weighted by Gasteiger charge is 2.35. The number of methoxy groups -OCH3 is 1. The minimum atomic E-state index is -1.04. The lowest BCUT2D eigenvalue weighted by atomic mass is 9.96. The van der Waals surface area contributed by atoms with Gasteiger partial charge < -0.3 is 24.4 Å². The summed E-state index contributed by atoms with van der Waals surface area (Å²) in [6.07, 6.45) is 1.05. The molecule has 0 aliphatic heterocycles. The summed E-state index contributed by atoms with van der Waals surface area (Å²) in [7, 11) is 1.37. The number of amides is 2. The minimum absolute atomic E-state index is 0.163. The van der Waals surface area contributed by atoms with E-state index in [-0.39, 0.29) is 6.03 Å². The molecule has 2 amide bonds. The molecule has 43 heavy (non-hydrogen) atoms. The van der Waals surface area contributed by atoms with Gasteiger partial charge in [-0.15, -0.1) is 0 Å². The number of nitrogens with one attached hydrogen (secondary N) is 1. The smallest absolute Gasteiger partial charge is 0.338 e. The molecule has 0 aliphatic carbocycles. The lowest BCUT2D eigenvalue weighted by Gasteiger charge is -2.26. The third kappa shape index (κ3) is 9.18. The quantitative estimate of drug-likeness (QED) is 0.125. The largest absolute Gasteiger partial charge is 0.494 e. The third-order valence-corrected chi connectivity index (χ3v) is 7.13. The molecule has 4 aromatic rings. The lowest BCUT2D eigenvalue weighted by Crippen LogP contribution is -2.41. The van der Waals surface area contributed by atoms with Gasteiger partial charge in [0.25, 0.3) is 0 Å². The van der Waals surface area contributed by atoms with Gasteiger partial charge >= 0.3 is 12.0 Å². The summed E-state index contributed by atoms with van der Waals surface area (Å²) in [5.74, 6) is 0.320. The summed E-state index contributed by atoms with van der Waals surface area (Å²) in [6.45, 7) is 5.46. The molecule has 1 unspecified atom stereocenters. The van der Waals surface area contributed by atoms with Gasteiger partial charge in [-0.25, -0.2) is 9.59 Å². The highest BCUT2D eigenvalue weighted by molar-refractivity contribution is 5.89. The summed E-state index contributed by atoms with van der Waals surface area (Å²) in [5, 5.41) is 3.05. The third-order valence-electron chi connectivity index (χ3n) is 7.13. The Kier molecular flexibility index (Phi) is 11.3. The number of esters is 1. The fourth-order valence-corrected chi connectivity index (χ4v) is 4.89. The monoisotopic (exact) mass is 580 g/mol. The molecule has 0 bridgehead atoms. The van der Waals surface area contributed by atoms with E-state index in [0.717, 1.165) is 33.7 Å². The number of hydrogen-bond donors (Lipinski definition) is 1. The number of benzene rings is 4.